The minimum absolute atomic E-state index is 0.0883. The number of rotatable bonds is 4. The molecule has 0 bridgehead atoms. The second kappa shape index (κ2) is 5.26. The van der Waals surface area contributed by atoms with E-state index in [4.69, 9.17) is 4.42 Å². The molecule has 0 unspecified atom stereocenters. The van der Waals surface area contributed by atoms with Gasteiger partial charge >= 0.3 is 0 Å². The van der Waals surface area contributed by atoms with Crippen LogP contribution in [0.5, 0.6) is 0 Å². The minimum atomic E-state index is -0.834. The van der Waals surface area contributed by atoms with Gasteiger partial charge in [0.15, 0.2) is 28.3 Å². The molecule has 2 aromatic carbocycles. The average Bonchev–Trinajstić information content (AvgIpc) is 2.59. The summed E-state index contributed by atoms with van der Waals surface area (Å²) in [6.07, 6.45) is 0. The number of para-hydroxylation sites is 1. The van der Waals surface area contributed by atoms with Crippen molar-refractivity contribution in [3.63, 3.8) is 0 Å². The Hall–Kier alpha value is -3.69. The molecule has 112 valence electrons. The fourth-order valence-corrected chi connectivity index (χ4v) is 2.32. The molecule has 0 atom stereocenters. The van der Waals surface area contributed by atoms with Crippen molar-refractivity contribution in [3.8, 4) is 0 Å². The number of nitrogens with zero attached hydrogens (tertiary/aromatic N) is 4. The summed E-state index contributed by atoms with van der Waals surface area (Å²) in [5, 5.41) is 9.74. The topological polar surface area (TPSA) is 148 Å². The zero-order chi connectivity index (χ0) is 16.6. The maximum Gasteiger partial charge on any atom is 0.203 e. The van der Waals surface area contributed by atoms with E-state index in [1.165, 1.54) is 12.1 Å². The van der Waals surface area contributed by atoms with Gasteiger partial charge in [-0.2, -0.15) is 0 Å². The number of hydrogen-bond donors (Lipinski definition) is 0. The molecule has 0 radical (unpaired) electrons. The Morgan fingerprint density at radius 2 is 1.30 bits per heavy atom. The van der Waals surface area contributed by atoms with E-state index in [1.807, 2.05) is 0 Å². The number of fused-ring (bicyclic) bond motifs is 2. The molecule has 10 heteroatoms. The molecule has 23 heavy (non-hydrogen) atoms. The Labute approximate surface area is 125 Å². The summed E-state index contributed by atoms with van der Waals surface area (Å²) in [5.41, 5.74) is -4.15. The monoisotopic (exact) mass is 312 g/mol. The van der Waals surface area contributed by atoms with Crippen molar-refractivity contribution in [2.45, 2.75) is 0 Å². The molecule has 1 aromatic heterocycles. The summed E-state index contributed by atoms with van der Waals surface area (Å²) in [7, 11) is 0. The molecule has 0 fully saturated rings. The molecule has 0 aliphatic heterocycles. The van der Waals surface area contributed by atoms with Gasteiger partial charge in [0.2, 0.25) is 5.43 Å². The van der Waals surface area contributed by atoms with Crippen LogP contribution in [0.3, 0.4) is 0 Å². The van der Waals surface area contributed by atoms with Crippen molar-refractivity contribution in [2.24, 2.45) is 20.7 Å². The van der Waals surface area contributed by atoms with Crippen molar-refractivity contribution < 1.29 is 4.42 Å². The highest BCUT2D eigenvalue weighted by atomic mass is 16.3. The van der Waals surface area contributed by atoms with Crippen molar-refractivity contribution in [1.29, 1.82) is 0 Å². The van der Waals surface area contributed by atoms with Gasteiger partial charge in [-0.15, -0.1) is 19.6 Å². The van der Waals surface area contributed by atoms with Crippen LogP contribution >= 0.6 is 0 Å². The van der Waals surface area contributed by atoms with Crippen LogP contribution in [-0.2, 0) is 0 Å². The van der Waals surface area contributed by atoms with E-state index >= 15 is 0 Å². The summed E-state index contributed by atoms with van der Waals surface area (Å²) in [5.74, 6) is 0. The van der Waals surface area contributed by atoms with Crippen LogP contribution in [0.4, 0.5) is 22.7 Å². The highest BCUT2D eigenvalue weighted by Gasteiger charge is 2.27. The largest absolute Gasteiger partial charge is 0.453 e. The van der Waals surface area contributed by atoms with E-state index < -0.39 is 39.1 Å². The number of hydrogen-bond acceptors (Lipinski definition) is 10. The molecular weight excluding hydrogens is 308 g/mol. The van der Waals surface area contributed by atoms with Crippen LogP contribution in [0, 0.1) is 19.6 Å². The maximum atomic E-state index is 12.5. The predicted octanol–water partition coefficient (Wildman–Crippen LogP) is 4.54. The fourth-order valence-electron chi connectivity index (χ4n) is 2.32. The van der Waals surface area contributed by atoms with Crippen LogP contribution in [0.15, 0.2) is 54.2 Å². The Morgan fingerprint density at radius 1 is 0.739 bits per heavy atom. The summed E-state index contributed by atoms with van der Waals surface area (Å²) in [4.78, 5) is 56.5. The van der Waals surface area contributed by atoms with Gasteiger partial charge in [0, 0.05) is 0 Å². The Balaban J connectivity index is 2.77. The zero-order valence-corrected chi connectivity index (χ0v) is 11.0. The number of benzene rings is 2. The van der Waals surface area contributed by atoms with Gasteiger partial charge in [-0.1, -0.05) is 12.1 Å². The highest BCUT2D eigenvalue weighted by Crippen LogP contribution is 2.50. The summed E-state index contributed by atoms with van der Waals surface area (Å²) < 4.78 is 5.40. The van der Waals surface area contributed by atoms with Gasteiger partial charge in [-0.25, -0.2) is 0 Å². The molecule has 0 saturated heterocycles. The molecule has 0 aliphatic carbocycles. The standard InChI is InChI=1S/C13H4N4O6/c18-12-5-3-1-2-4-6(5)23-13-7(12)8(14-19)9(15-20)10(16-21)11(13)17-22/h1-4H. The second-order valence-corrected chi connectivity index (χ2v) is 4.39. The smallest absolute Gasteiger partial charge is 0.203 e. The van der Waals surface area contributed by atoms with E-state index in [9.17, 15) is 24.4 Å². The van der Waals surface area contributed by atoms with Gasteiger partial charge in [0.05, 0.1) is 10.8 Å². The molecule has 3 aromatic rings. The normalized spacial score (nSPS) is 10.6. The molecule has 0 N–H and O–H groups in total. The van der Waals surface area contributed by atoms with Crippen molar-refractivity contribution in [3.05, 3.63) is 54.1 Å². The SMILES string of the molecule is O=Nc1c(N=O)c(N=O)c2c(=O)c3ccccc3oc2c1N=O. The fraction of sp³-hybridized carbons (Fsp3) is 0. The average molecular weight is 312 g/mol. The molecule has 10 nitrogen and oxygen atoms in total. The third-order valence-electron chi connectivity index (χ3n) is 3.29. The first-order chi connectivity index (χ1) is 11.2. The molecule has 0 spiro atoms. The lowest BCUT2D eigenvalue weighted by Crippen LogP contribution is -2.02. The van der Waals surface area contributed by atoms with Gasteiger partial charge < -0.3 is 4.42 Å². The van der Waals surface area contributed by atoms with Gasteiger partial charge in [-0.05, 0) is 32.8 Å². The molecule has 3 rings (SSSR count). The number of nitroso groups, excluding NO2 is 4. The van der Waals surface area contributed by atoms with Crippen LogP contribution in [0.1, 0.15) is 0 Å². The first kappa shape index (κ1) is 14.3. The van der Waals surface area contributed by atoms with Crippen LogP contribution in [-0.4, -0.2) is 0 Å². The van der Waals surface area contributed by atoms with Gasteiger partial charge in [-0.3, -0.25) is 4.79 Å². The molecule has 0 aliphatic rings. The van der Waals surface area contributed by atoms with E-state index in [-0.39, 0.29) is 11.0 Å². The van der Waals surface area contributed by atoms with Crippen molar-refractivity contribution >= 4 is 44.7 Å². The summed E-state index contributed by atoms with van der Waals surface area (Å²) in [6.45, 7) is 0. The van der Waals surface area contributed by atoms with E-state index in [2.05, 4.69) is 20.7 Å². The highest BCUT2D eigenvalue weighted by molar-refractivity contribution is 6.10. The quantitative estimate of drug-likeness (QED) is 0.510. The Bertz CT molecular complexity index is 1070. The van der Waals surface area contributed by atoms with Gasteiger partial charge in [0.1, 0.15) is 5.58 Å². The van der Waals surface area contributed by atoms with Gasteiger partial charge in [0.25, 0.3) is 0 Å². The van der Waals surface area contributed by atoms with Crippen LogP contribution in [0.25, 0.3) is 21.9 Å². The summed E-state index contributed by atoms with van der Waals surface area (Å²) in [6, 6.07) is 5.99. The predicted molar refractivity (Wildman–Crippen MR) is 81.8 cm³/mol. The van der Waals surface area contributed by atoms with E-state index in [0.717, 1.165) is 0 Å². The molecule has 0 saturated carbocycles. The first-order valence-electron chi connectivity index (χ1n) is 6.06. The zero-order valence-electron chi connectivity index (χ0n) is 11.0. The van der Waals surface area contributed by atoms with E-state index in [0.29, 0.717) is 0 Å². The third-order valence-corrected chi connectivity index (χ3v) is 3.29. The lowest BCUT2D eigenvalue weighted by molar-refractivity contribution is 0.660. The van der Waals surface area contributed by atoms with E-state index in [1.54, 1.807) is 12.1 Å². The van der Waals surface area contributed by atoms with Crippen LogP contribution < -0.4 is 5.43 Å². The minimum Gasteiger partial charge on any atom is -0.453 e. The lowest BCUT2D eigenvalue weighted by Gasteiger charge is -2.06. The third kappa shape index (κ3) is 1.85. The van der Waals surface area contributed by atoms with Crippen molar-refractivity contribution in [1.82, 2.24) is 0 Å². The lowest BCUT2D eigenvalue weighted by atomic mass is 10.1. The first-order valence-corrected chi connectivity index (χ1v) is 6.06. The Morgan fingerprint density at radius 3 is 1.91 bits per heavy atom. The molecule has 1 heterocycles. The Kier molecular flexibility index (Phi) is 3.26. The second-order valence-electron chi connectivity index (χ2n) is 4.39. The molecular formula is C13H4N4O6. The maximum absolute atomic E-state index is 12.5. The van der Waals surface area contributed by atoms with Crippen LogP contribution in [0.2, 0.25) is 0 Å². The van der Waals surface area contributed by atoms with Crippen molar-refractivity contribution in [2.75, 3.05) is 0 Å². The summed E-state index contributed by atoms with van der Waals surface area (Å²) >= 11 is 0. The molecule has 0 amide bonds.